The smallest absolute Gasteiger partial charge is 0.0752 e. The van der Waals surface area contributed by atoms with Gasteiger partial charge in [0.1, 0.15) is 0 Å². The summed E-state index contributed by atoms with van der Waals surface area (Å²) in [4.78, 5) is 0. The fourth-order valence-electron chi connectivity index (χ4n) is 1.77. The van der Waals surface area contributed by atoms with Gasteiger partial charge in [-0.25, -0.2) is 4.68 Å². The molecule has 0 spiro atoms. The van der Waals surface area contributed by atoms with Crippen LogP contribution >= 0.6 is 15.9 Å². The molecule has 0 aliphatic rings. The van der Waals surface area contributed by atoms with Gasteiger partial charge in [-0.05, 0) is 24.3 Å². The maximum Gasteiger partial charge on any atom is 0.0752 e. The SMILES string of the molecule is Brc1ccc2cnn(-c3ccccc3)c2c1. The highest BCUT2D eigenvalue weighted by molar-refractivity contribution is 9.10. The van der Waals surface area contributed by atoms with Crippen LogP contribution in [0.5, 0.6) is 0 Å². The van der Waals surface area contributed by atoms with Crippen molar-refractivity contribution in [3.05, 3.63) is 59.2 Å². The Morgan fingerprint density at radius 2 is 1.81 bits per heavy atom. The summed E-state index contributed by atoms with van der Waals surface area (Å²) in [6.45, 7) is 0. The van der Waals surface area contributed by atoms with E-state index in [0.717, 1.165) is 21.1 Å². The molecule has 0 saturated heterocycles. The molecule has 1 aromatic heterocycles. The lowest BCUT2D eigenvalue weighted by molar-refractivity contribution is 0.910. The molecule has 0 aliphatic carbocycles. The first kappa shape index (κ1) is 9.60. The normalized spacial score (nSPS) is 10.8. The monoisotopic (exact) mass is 272 g/mol. The zero-order valence-corrected chi connectivity index (χ0v) is 10.1. The van der Waals surface area contributed by atoms with E-state index in [2.05, 4.69) is 33.2 Å². The Morgan fingerprint density at radius 3 is 2.62 bits per heavy atom. The maximum absolute atomic E-state index is 4.40. The van der Waals surface area contributed by atoms with E-state index in [9.17, 15) is 0 Å². The molecule has 0 fully saturated rings. The fourth-order valence-corrected chi connectivity index (χ4v) is 2.12. The average molecular weight is 273 g/mol. The van der Waals surface area contributed by atoms with E-state index < -0.39 is 0 Å². The third-order valence-corrected chi connectivity index (χ3v) is 3.03. The van der Waals surface area contributed by atoms with Crippen molar-refractivity contribution in [2.24, 2.45) is 0 Å². The Bertz CT molecular complexity index is 629. The van der Waals surface area contributed by atoms with Crippen molar-refractivity contribution in [3.8, 4) is 5.69 Å². The van der Waals surface area contributed by atoms with Gasteiger partial charge in [0.05, 0.1) is 17.4 Å². The average Bonchev–Trinajstić information content (AvgIpc) is 2.73. The molecular weight excluding hydrogens is 264 g/mol. The quantitative estimate of drug-likeness (QED) is 0.659. The Morgan fingerprint density at radius 1 is 1.00 bits per heavy atom. The van der Waals surface area contributed by atoms with E-state index in [1.54, 1.807) is 0 Å². The fraction of sp³-hybridized carbons (Fsp3) is 0. The van der Waals surface area contributed by atoms with Crippen LogP contribution in [-0.4, -0.2) is 9.78 Å². The van der Waals surface area contributed by atoms with E-state index in [4.69, 9.17) is 0 Å². The number of hydrogen-bond acceptors (Lipinski definition) is 1. The molecule has 3 rings (SSSR count). The van der Waals surface area contributed by atoms with Crippen molar-refractivity contribution in [2.45, 2.75) is 0 Å². The number of nitrogens with zero attached hydrogens (tertiary/aromatic N) is 2. The van der Waals surface area contributed by atoms with Crippen LogP contribution in [0.1, 0.15) is 0 Å². The molecule has 2 nitrogen and oxygen atoms in total. The summed E-state index contributed by atoms with van der Waals surface area (Å²) >= 11 is 3.48. The number of hydrogen-bond donors (Lipinski definition) is 0. The largest absolute Gasteiger partial charge is 0.233 e. The maximum atomic E-state index is 4.40. The van der Waals surface area contributed by atoms with Gasteiger partial charge in [0, 0.05) is 9.86 Å². The standard InChI is InChI=1S/C13H9BrN2/c14-11-7-6-10-9-15-16(13(10)8-11)12-4-2-1-3-5-12/h1-9H. The molecule has 78 valence electrons. The minimum Gasteiger partial charge on any atom is -0.233 e. The van der Waals surface area contributed by atoms with Crippen LogP contribution in [0.4, 0.5) is 0 Å². The minimum atomic E-state index is 1.07. The van der Waals surface area contributed by atoms with Crippen molar-refractivity contribution in [1.29, 1.82) is 0 Å². The van der Waals surface area contributed by atoms with Crippen molar-refractivity contribution >= 4 is 26.8 Å². The zero-order valence-electron chi connectivity index (χ0n) is 8.47. The van der Waals surface area contributed by atoms with Crippen molar-refractivity contribution in [3.63, 3.8) is 0 Å². The molecule has 0 bridgehead atoms. The molecule has 0 atom stereocenters. The second kappa shape index (κ2) is 3.76. The lowest BCUT2D eigenvalue weighted by Crippen LogP contribution is -1.94. The summed E-state index contributed by atoms with van der Waals surface area (Å²) in [5.41, 5.74) is 2.19. The molecule has 0 saturated carbocycles. The number of para-hydroxylation sites is 1. The summed E-state index contributed by atoms with van der Waals surface area (Å²) in [5, 5.41) is 5.55. The summed E-state index contributed by atoms with van der Waals surface area (Å²) in [6.07, 6.45) is 1.88. The third kappa shape index (κ3) is 1.53. The van der Waals surface area contributed by atoms with Crippen LogP contribution in [0.25, 0.3) is 16.6 Å². The Balaban J connectivity index is 2.29. The highest BCUT2D eigenvalue weighted by atomic mass is 79.9. The molecular formula is C13H9BrN2. The Kier molecular flexibility index (Phi) is 2.26. The molecule has 0 unspecified atom stereocenters. The second-order valence-electron chi connectivity index (χ2n) is 3.60. The van der Waals surface area contributed by atoms with E-state index in [0.29, 0.717) is 0 Å². The molecule has 0 N–H and O–H groups in total. The second-order valence-corrected chi connectivity index (χ2v) is 4.51. The van der Waals surface area contributed by atoms with E-state index >= 15 is 0 Å². The van der Waals surface area contributed by atoms with Gasteiger partial charge in [0.2, 0.25) is 0 Å². The molecule has 16 heavy (non-hydrogen) atoms. The van der Waals surface area contributed by atoms with Crippen molar-refractivity contribution in [2.75, 3.05) is 0 Å². The molecule has 2 aromatic carbocycles. The minimum absolute atomic E-state index is 1.07. The molecule has 0 aliphatic heterocycles. The van der Waals surface area contributed by atoms with E-state index in [-0.39, 0.29) is 0 Å². The predicted octanol–water partition coefficient (Wildman–Crippen LogP) is 3.79. The van der Waals surface area contributed by atoms with Gasteiger partial charge < -0.3 is 0 Å². The Labute approximate surface area is 102 Å². The predicted molar refractivity (Wildman–Crippen MR) is 68.8 cm³/mol. The van der Waals surface area contributed by atoms with Crippen LogP contribution in [0.2, 0.25) is 0 Å². The third-order valence-electron chi connectivity index (χ3n) is 2.53. The molecule has 0 amide bonds. The molecule has 0 radical (unpaired) electrons. The zero-order chi connectivity index (χ0) is 11.0. The first-order valence-electron chi connectivity index (χ1n) is 5.03. The number of aromatic nitrogens is 2. The van der Waals surface area contributed by atoms with Gasteiger partial charge in [-0.1, -0.05) is 40.2 Å². The molecule has 3 heteroatoms. The van der Waals surface area contributed by atoms with Crippen LogP contribution in [0, 0.1) is 0 Å². The molecule has 3 aromatic rings. The number of fused-ring (bicyclic) bond motifs is 1. The van der Waals surface area contributed by atoms with Crippen LogP contribution in [0.15, 0.2) is 59.2 Å². The van der Waals surface area contributed by atoms with Crippen LogP contribution in [0.3, 0.4) is 0 Å². The van der Waals surface area contributed by atoms with Gasteiger partial charge >= 0.3 is 0 Å². The van der Waals surface area contributed by atoms with Gasteiger partial charge in [0.15, 0.2) is 0 Å². The van der Waals surface area contributed by atoms with E-state index in [1.165, 1.54) is 0 Å². The summed E-state index contributed by atoms with van der Waals surface area (Å²) in [6, 6.07) is 16.3. The lowest BCUT2D eigenvalue weighted by Gasteiger charge is -2.02. The van der Waals surface area contributed by atoms with Gasteiger partial charge in [-0.3, -0.25) is 0 Å². The number of rotatable bonds is 1. The van der Waals surface area contributed by atoms with Crippen molar-refractivity contribution < 1.29 is 0 Å². The highest BCUT2D eigenvalue weighted by Crippen LogP contribution is 2.21. The van der Waals surface area contributed by atoms with Crippen LogP contribution < -0.4 is 0 Å². The van der Waals surface area contributed by atoms with Gasteiger partial charge in [0.25, 0.3) is 0 Å². The number of halogens is 1. The lowest BCUT2D eigenvalue weighted by atomic mass is 10.2. The molecule has 1 heterocycles. The highest BCUT2D eigenvalue weighted by Gasteiger charge is 2.04. The Hall–Kier alpha value is -1.61. The van der Waals surface area contributed by atoms with Crippen LogP contribution in [-0.2, 0) is 0 Å². The van der Waals surface area contributed by atoms with E-state index in [1.807, 2.05) is 47.3 Å². The summed E-state index contributed by atoms with van der Waals surface area (Å²) < 4.78 is 3.01. The first-order valence-corrected chi connectivity index (χ1v) is 5.82. The summed E-state index contributed by atoms with van der Waals surface area (Å²) in [7, 11) is 0. The van der Waals surface area contributed by atoms with Gasteiger partial charge in [-0.2, -0.15) is 5.10 Å². The first-order chi connectivity index (χ1) is 7.84. The van der Waals surface area contributed by atoms with Crippen molar-refractivity contribution in [1.82, 2.24) is 9.78 Å². The topological polar surface area (TPSA) is 17.8 Å². The number of benzene rings is 2. The summed E-state index contributed by atoms with van der Waals surface area (Å²) in [5.74, 6) is 0. The van der Waals surface area contributed by atoms with Gasteiger partial charge in [-0.15, -0.1) is 0 Å².